The molecular weight excluding hydrogens is 372 g/mol. The third kappa shape index (κ3) is 3.31. The van der Waals surface area contributed by atoms with Crippen LogP contribution in [-0.2, 0) is 5.41 Å². The molecule has 5 nitrogen and oxygen atoms in total. The SMILES string of the molecule is NC(=O)c1cccc2cn(-c3ccc(C4(C5CCCCC5)CCCNC4)cc3)nc12. The van der Waals surface area contributed by atoms with Crippen molar-refractivity contribution in [1.82, 2.24) is 15.1 Å². The summed E-state index contributed by atoms with van der Waals surface area (Å²) in [7, 11) is 0. The van der Waals surface area contributed by atoms with E-state index in [1.165, 1.54) is 50.5 Å². The van der Waals surface area contributed by atoms with E-state index in [-0.39, 0.29) is 5.41 Å². The molecule has 5 heteroatoms. The van der Waals surface area contributed by atoms with Gasteiger partial charge in [0.05, 0.1) is 11.3 Å². The summed E-state index contributed by atoms with van der Waals surface area (Å²) in [5, 5.41) is 9.27. The van der Waals surface area contributed by atoms with E-state index < -0.39 is 5.91 Å². The Hall–Kier alpha value is -2.66. The van der Waals surface area contributed by atoms with Crippen LogP contribution in [0.5, 0.6) is 0 Å². The average Bonchev–Trinajstić information content (AvgIpc) is 3.24. The quantitative estimate of drug-likeness (QED) is 0.682. The van der Waals surface area contributed by atoms with E-state index in [0.717, 1.165) is 30.1 Å². The van der Waals surface area contributed by atoms with Crippen molar-refractivity contribution < 1.29 is 4.79 Å². The summed E-state index contributed by atoms with van der Waals surface area (Å²) < 4.78 is 1.85. The van der Waals surface area contributed by atoms with Gasteiger partial charge in [0, 0.05) is 23.5 Å². The van der Waals surface area contributed by atoms with E-state index in [4.69, 9.17) is 5.73 Å². The van der Waals surface area contributed by atoms with Gasteiger partial charge < -0.3 is 11.1 Å². The van der Waals surface area contributed by atoms with Gasteiger partial charge in [-0.3, -0.25) is 4.79 Å². The molecule has 0 spiro atoms. The number of benzene rings is 2. The highest BCUT2D eigenvalue weighted by molar-refractivity contribution is 6.04. The largest absolute Gasteiger partial charge is 0.366 e. The highest BCUT2D eigenvalue weighted by Gasteiger charge is 2.41. The fourth-order valence-electron chi connectivity index (χ4n) is 5.74. The Morgan fingerprint density at radius 2 is 1.87 bits per heavy atom. The van der Waals surface area contributed by atoms with Crippen molar-refractivity contribution in [3.05, 3.63) is 59.8 Å². The lowest BCUT2D eigenvalue weighted by atomic mass is 9.62. The molecule has 2 aliphatic rings. The number of nitrogens with zero attached hydrogens (tertiary/aromatic N) is 2. The molecule has 156 valence electrons. The lowest BCUT2D eigenvalue weighted by Crippen LogP contribution is -2.49. The number of hydrogen-bond donors (Lipinski definition) is 2. The first kappa shape index (κ1) is 19.3. The number of primary amides is 1. The van der Waals surface area contributed by atoms with Crippen molar-refractivity contribution in [3.8, 4) is 5.69 Å². The number of piperidine rings is 1. The van der Waals surface area contributed by atoms with Crippen LogP contribution in [0.2, 0.25) is 0 Å². The van der Waals surface area contributed by atoms with Gasteiger partial charge in [-0.2, -0.15) is 5.10 Å². The van der Waals surface area contributed by atoms with Gasteiger partial charge in [-0.1, -0.05) is 43.5 Å². The number of nitrogens with two attached hydrogens (primary N) is 1. The van der Waals surface area contributed by atoms with E-state index in [2.05, 4.69) is 34.7 Å². The summed E-state index contributed by atoms with van der Waals surface area (Å²) in [6, 6.07) is 14.5. The first-order valence-corrected chi connectivity index (χ1v) is 11.3. The van der Waals surface area contributed by atoms with Crippen LogP contribution in [0.4, 0.5) is 0 Å². The Morgan fingerprint density at radius 3 is 2.57 bits per heavy atom. The zero-order chi connectivity index (χ0) is 20.6. The fourth-order valence-corrected chi connectivity index (χ4v) is 5.74. The molecule has 2 heterocycles. The molecule has 0 bridgehead atoms. The zero-order valence-corrected chi connectivity index (χ0v) is 17.4. The third-order valence-corrected chi connectivity index (χ3v) is 7.31. The van der Waals surface area contributed by atoms with Crippen molar-refractivity contribution in [2.45, 2.75) is 50.4 Å². The minimum Gasteiger partial charge on any atom is -0.366 e. The van der Waals surface area contributed by atoms with Gasteiger partial charge >= 0.3 is 0 Å². The molecule has 1 unspecified atom stereocenters. The highest BCUT2D eigenvalue weighted by Crippen LogP contribution is 2.45. The van der Waals surface area contributed by atoms with E-state index in [0.29, 0.717) is 11.1 Å². The van der Waals surface area contributed by atoms with Gasteiger partial charge in [-0.25, -0.2) is 4.68 Å². The van der Waals surface area contributed by atoms with Crippen LogP contribution in [0.3, 0.4) is 0 Å². The number of aromatic nitrogens is 2. The molecule has 3 aromatic rings. The van der Waals surface area contributed by atoms with E-state index in [1.807, 2.05) is 23.0 Å². The molecule has 1 aromatic heterocycles. The molecule has 1 atom stereocenters. The number of fused-ring (bicyclic) bond motifs is 1. The highest BCUT2D eigenvalue weighted by atomic mass is 16.1. The molecule has 3 N–H and O–H groups in total. The summed E-state index contributed by atoms with van der Waals surface area (Å²) in [4.78, 5) is 11.7. The Labute approximate surface area is 177 Å². The lowest BCUT2D eigenvalue weighted by Gasteiger charge is -2.46. The standard InChI is InChI=1S/C25H30N4O/c26-24(30)22-9-4-6-18-16-29(28-23(18)22)21-12-10-20(11-13-21)25(14-5-15-27-17-25)19-7-2-1-3-8-19/h4,6,9-13,16,19,27H,1-3,5,7-8,14-15,17H2,(H2,26,30). The summed E-state index contributed by atoms with van der Waals surface area (Å²) in [5.41, 5.74) is 9.36. The number of nitrogens with one attached hydrogen (secondary N) is 1. The van der Waals surface area contributed by atoms with Crippen LogP contribution in [-0.4, -0.2) is 28.8 Å². The number of rotatable bonds is 4. The number of carbonyl (C=O) groups excluding carboxylic acids is 1. The van der Waals surface area contributed by atoms with Crippen LogP contribution in [0.15, 0.2) is 48.7 Å². The smallest absolute Gasteiger partial charge is 0.250 e. The van der Waals surface area contributed by atoms with Crippen LogP contribution >= 0.6 is 0 Å². The zero-order valence-electron chi connectivity index (χ0n) is 17.4. The van der Waals surface area contributed by atoms with Crippen LogP contribution < -0.4 is 11.1 Å². The minimum atomic E-state index is -0.444. The summed E-state index contributed by atoms with van der Waals surface area (Å²) in [6.45, 7) is 2.22. The third-order valence-electron chi connectivity index (χ3n) is 7.31. The van der Waals surface area contributed by atoms with Crippen molar-refractivity contribution in [3.63, 3.8) is 0 Å². The summed E-state index contributed by atoms with van der Waals surface area (Å²) in [5.74, 6) is 0.329. The normalized spacial score (nSPS) is 22.9. The van der Waals surface area contributed by atoms with E-state index in [1.54, 1.807) is 6.07 Å². The molecule has 1 saturated carbocycles. The summed E-state index contributed by atoms with van der Waals surface area (Å²) in [6.07, 6.45) is 11.3. The van der Waals surface area contributed by atoms with Gasteiger partial charge in [-0.15, -0.1) is 0 Å². The summed E-state index contributed by atoms with van der Waals surface area (Å²) >= 11 is 0. The molecule has 1 aliphatic heterocycles. The first-order valence-electron chi connectivity index (χ1n) is 11.3. The van der Waals surface area contributed by atoms with Gasteiger partial charge in [0.1, 0.15) is 5.52 Å². The predicted molar refractivity (Wildman–Crippen MR) is 120 cm³/mol. The maximum absolute atomic E-state index is 11.7. The molecule has 1 saturated heterocycles. The number of hydrogen-bond acceptors (Lipinski definition) is 3. The Morgan fingerprint density at radius 1 is 1.07 bits per heavy atom. The molecule has 2 fully saturated rings. The molecule has 2 aromatic carbocycles. The van der Waals surface area contributed by atoms with Gasteiger partial charge in [0.15, 0.2) is 0 Å². The fraction of sp³-hybridized carbons (Fsp3) is 0.440. The van der Waals surface area contributed by atoms with Crippen molar-refractivity contribution in [1.29, 1.82) is 0 Å². The predicted octanol–water partition coefficient (Wildman–Crippen LogP) is 4.33. The average molecular weight is 403 g/mol. The number of carbonyl (C=O) groups is 1. The van der Waals surface area contributed by atoms with E-state index >= 15 is 0 Å². The maximum Gasteiger partial charge on any atom is 0.250 e. The Kier molecular flexibility index (Phi) is 5.07. The van der Waals surface area contributed by atoms with Crippen LogP contribution in [0.1, 0.15) is 60.9 Å². The van der Waals surface area contributed by atoms with Crippen molar-refractivity contribution in [2.75, 3.05) is 13.1 Å². The van der Waals surface area contributed by atoms with Gasteiger partial charge in [0.2, 0.25) is 0 Å². The molecule has 5 rings (SSSR count). The van der Waals surface area contributed by atoms with Crippen molar-refractivity contribution >= 4 is 16.8 Å². The second kappa shape index (κ2) is 7.88. The van der Waals surface area contributed by atoms with Crippen LogP contribution in [0.25, 0.3) is 16.6 Å². The topological polar surface area (TPSA) is 72.9 Å². The first-order chi connectivity index (χ1) is 14.7. The lowest BCUT2D eigenvalue weighted by molar-refractivity contribution is 0.100. The molecule has 1 amide bonds. The maximum atomic E-state index is 11.7. The van der Waals surface area contributed by atoms with Gasteiger partial charge in [0.25, 0.3) is 5.91 Å². The monoisotopic (exact) mass is 402 g/mol. The Bertz CT molecular complexity index is 1040. The molecule has 0 radical (unpaired) electrons. The molecule has 1 aliphatic carbocycles. The van der Waals surface area contributed by atoms with E-state index in [9.17, 15) is 4.79 Å². The minimum absolute atomic E-state index is 0.255. The molecular formula is C25H30N4O. The molecule has 30 heavy (non-hydrogen) atoms. The van der Waals surface area contributed by atoms with Gasteiger partial charge in [-0.05, 0) is 61.9 Å². The van der Waals surface area contributed by atoms with Crippen LogP contribution in [0, 0.1) is 5.92 Å². The Balaban J connectivity index is 1.49. The number of amides is 1. The van der Waals surface area contributed by atoms with Crippen molar-refractivity contribution in [2.24, 2.45) is 11.7 Å². The second-order valence-electron chi connectivity index (χ2n) is 9.00. The second-order valence-corrected chi connectivity index (χ2v) is 9.00.